The molecule has 0 aliphatic carbocycles. The summed E-state index contributed by atoms with van der Waals surface area (Å²) in [5.41, 5.74) is 4.24. The molecule has 0 saturated heterocycles. The summed E-state index contributed by atoms with van der Waals surface area (Å²) in [6.07, 6.45) is 3.45. The first-order valence-electron chi connectivity index (χ1n) is 9.47. The van der Waals surface area contributed by atoms with Crippen LogP contribution in [0, 0.1) is 5.82 Å². The fraction of sp³-hybridized carbons (Fsp3) is 0.182. The second-order valence-electron chi connectivity index (χ2n) is 7.00. The van der Waals surface area contributed by atoms with Gasteiger partial charge in [0.05, 0.1) is 41.2 Å². The quantitative estimate of drug-likeness (QED) is 0.426. The van der Waals surface area contributed by atoms with Crippen LogP contribution < -0.4 is 10.1 Å². The van der Waals surface area contributed by atoms with Crippen molar-refractivity contribution in [3.8, 4) is 17.0 Å². The highest BCUT2D eigenvalue weighted by atomic mass is 35.5. The van der Waals surface area contributed by atoms with Crippen molar-refractivity contribution in [2.45, 2.75) is 6.61 Å². The summed E-state index contributed by atoms with van der Waals surface area (Å²) in [4.78, 5) is 4.44. The maximum absolute atomic E-state index is 14.9. The molecule has 4 aromatic rings. The van der Waals surface area contributed by atoms with Gasteiger partial charge in [-0.1, -0.05) is 23.7 Å². The van der Waals surface area contributed by atoms with Crippen molar-refractivity contribution < 1.29 is 13.9 Å². The number of nitrogens with zero attached hydrogens (tertiary/aromatic N) is 3. The summed E-state index contributed by atoms with van der Waals surface area (Å²) in [5.74, 6) is 0.142. The predicted octanol–water partition coefficient (Wildman–Crippen LogP) is 5.08. The lowest BCUT2D eigenvalue weighted by molar-refractivity contribution is 0.0864. The standard InChI is InChI=1S/C22H18ClFN4O2/c1-28-22-16(11-26-28)13-3-5-18-15(10-13)19(6-7-25-18)27-21-14(12-29-8-9-30-22)2-4-17(23)20(21)24/h2-7,10-11,27H,8-9,12H2,1H3. The molecule has 2 bridgehead atoms. The highest BCUT2D eigenvalue weighted by Gasteiger charge is 2.17. The zero-order valence-electron chi connectivity index (χ0n) is 16.2. The number of hydrogen-bond acceptors (Lipinski definition) is 5. The van der Waals surface area contributed by atoms with Gasteiger partial charge in [0.1, 0.15) is 6.61 Å². The van der Waals surface area contributed by atoms with E-state index in [1.165, 1.54) is 6.07 Å². The summed E-state index contributed by atoms with van der Waals surface area (Å²) < 4.78 is 28.3. The van der Waals surface area contributed by atoms with Crippen molar-refractivity contribution in [1.82, 2.24) is 14.8 Å². The predicted molar refractivity (Wildman–Crippen MR) is 114 cm³/mol. The van der Waals surface area contributed by atoms with Gasteiger partial charge in [-0.3, -0.25) is 4.98 Å². The molecule has 0 saturated carbocycles. The van der Waals surface area contributed by atoms with Gasteiger partial charge >= 0.3 is 0 Å². The summed E-state index contributed by atoms with van der Waals surface area (Å²) >= 11 is 6.05. The van der Waals surface area contributed by atoms with Crippen LogP contribution in [-0.4, -0.2) is 28.0 Å². The van der Waals surface area contributed by atoms with Gasteiger partial charge in [-0.2, -0.15) is 5.10 Å². The molecule has 0 amide bonds. The number of aromatic nitrogens is 3. The van der Waals surface area contributed by atoms with E-state index in [0.29, 0.717) is 36.0 Å². The molecule has 1 aliphatic rings. The zero-order chi connectivity index (χ0) is 20.7. The van der Waals surface area contributed by atoms with Gasteiger partial charge in [-0.15, -0.1) is 0 Å². The Morgan fingerprint density at radius 3 is 2.97 bits per heavy atom. The molecule has 5 rings (SSSR count). The number of benzene rings is 2. The summed E-state index contributed by atoms with van der Waals surface area (Å²) in [6, 6.07) is 11.0. The number of halogens is 2. The minimum atomic E-state index is -0.517. The third-order valence-corrected chi connectivity index (χ3v) is 5.39. The van der Waals surface area contributed by atoms with E-state index >= 15 is 0 Å². The molecule has 8 heteroatoms. The number of aryl methyl sites for hydroxylation is 1. The van der Waals surface area contributed by atoms with Crippen LogP contribution in [0.5, 0.6) is 5.88 Å². The van der Waals surface area contributed by atoms with Crippen LogP contribution in [0.15, 0.2) is 48.8 Å². The second-order valence-corrected chi connectivity index (χ2v) is 7.41. The lowest BCUT2D eigenvalue weighted by Crippen LogP contribution is -2.11. The normalized spacial score (nSPS) is 13.8. The minimum Gasteiger partial charge on any atom is -0.475 e. The molecule has 0 unspecified atom stereocenters. The van der Waals surface area contributed by atoms with Crippen LogP contribution in [0.3, 0.4) is 0 Å². The first kappa shape index (κ1) is 18.8. The van der Waals surface area contributed by atoms with E-state index in [1.807, 2.05) is 31.3 Å². The van der Waals surface area contributed by atoms with Crippen molar-refractivity contribution in [2.75, 3.05) is 18.5 Å². The van der Waals surface area contributed by atoms with E-state index in [2.05, 4.69) is 15.4 Å². The number of anilines is 2. The first-order valence-corrected chi connectivity index (χ1v) is 9.85. The third-order valence-electron chi connectivity index (χ3n) is 5.10. The van der Waals surface area contributed by atoms with E-state index in [9.17, 15) is 4.39 Å². The number of fused-ring (bicyclic) bond motifs is 4. The van der Waals surface area contributed by atoms with Crippen LogP contribution in [0.1, 0.15) is 5.56 Å². The van der Waals surface area contributed by atoms with E-state index in [1.54, 1.807) is 23.1 Å². The lowest BCUT2D eigenvalue weighted by atomic mass is 10.0. The Bertz CT molecular complexity index is 1260. The van der Waals surface area contributed by atoms with E-state index in [4.69, 9.17) is 21.1 Å². The largest absolute Gasteiger partial charge is 0.475 e. The fourth-order valence-electron chi connectivity index (χ4n) is 3.58. The Labute approximate surface area is 177 Å². The average Bonchev–Trinajstić information content (AvgIpc) is 3.12. The Hall–Kier alpha value is -3.16. The maximum Gasteiger partial charge on any atom is 0.219 e. The number of nitrogens with one attached hydrogen (secondary N) is 1. The van der Waals surface area contributed by atoms with E-state index in [0.717, 1.165) is 22.0 Å². The number of ether oxygens (including phenoxy) is 2. The fourth-order valence-corrected chi connectivity index (χ4v) is 3.74. The Kier molecular flexibility index (Phi) is 4.77. The van der Waals surface area contributed by atoms with Crippen LogP contribution >= 0.6 is 11.6 Å². The van der Waals surface area contributed by atoms with Crippen molar-refractivity contribution >= 4 is 33.9 Å². The molecule has 152 valence electrons. The molecule has 1 N–H and O–H groups in total. The number of hydrogen-bond donors (Lipinski definition) is 1. The SMILES string of the molecule is Cn1ncc2c1OCCOCc1ccc(Cl)c(F)c1Nc1ccnc3ccc-2cc13. The molecular formula is C22H18ClFN4O2. The van der Waals surface area contributed by atoms with Gasteiger partial charge in [0, 0.05) is 29.9 Å². The van der Waals surface area contributed by atoms with Gasteiger partial charge in [-0.05, 0) is 29.8 Å². The van der Waals surface area contributed by atoms with Crippen molar-refractivity contribution in [3.05, 3.63) is 65.2 Å². The molecule has 30 heavy (non-hydrogen) atoms. The second kappa shape index (κ2) is 7.59. The summed E-state index contributed by atoms with van der Waals surface area (Å²) in [6.45, 7) is 0.895. The topological polar surface area (TPSA) is 61.2 Å². The minimum absolute atomic E-state index is 0.0461. The monoisotopic (exact) mass is 424 g/mol. The average molecular weight is 425 g/mol. The smallest absolute Gasteiger partial charge is 0.219 e. The number of pyridine rings is 1. The molecule has 0 atom stereocenters. The highest BCUT2D eigenvalue weighted by Crippen LogP contribution is 2.36. The maximum atomic E-state index is 14.9. The van der Waals surface area contributed by atoms with Gasteiger partial charge in [0.15, 0.2) is 5.82 Å². The molecule has 0 radical (unpaired) electrons. The first-order chi connectivity index (χ1) is 14.6. The molecule has 2 aromatic heterocycles. The van der Waals surface area contributed by atoms with Crippen LogP contribution in [0.4, 0.5) is 15.8 Å². The van der Waals surface area contributed by atoms with E-state index < -0.39 is 5.82 Å². The van der Waals surface area contributed by atoms with Crippen molar-refractivity contribution in [3.63, 3.8) is 0 Å². The Morgan fingerprint density at radius 1 is 1.17 bits per heavy atom. The molecule has 0 spiro atoms. The molecule has 2 aromatic carbocycles. The van der Waals surface area contributed by atoms with Crippen LogP contribution in [-0.2, 0) is 18.4 Å². The molecular weight excluding hydrogens is 407 g/mol. The molecule has 6 nitrogen and oxygen atoms in total. The molecule has 0 fully saturated rings. The van der Waals surface area contributed by atoms with Crippen LogP contribution in [0.25, 0.3) is 22.0 Å². The van der Waals surface area contributed by atoms with Gasteiger partial charge in [-0.25, -0.2) is 9.07 Å². The Morgan fingerprint density at radius 2 is 2.07 bits per heavy atom. The summed E-state index contributed by atoms with van der Waals surface area (Å²) in [5, 5.41) is 8.44. The van der Waals surface area contributed by atoms with Crippen molar-refractivity contribution in [2.24, 2.45) is 7.05 Å². The summed E-state index contributed by atoms with van der Waals surface area (Å²) in [7, 11) is 1.83. The molecule has 3 heterocycles. The van der Waals surface area contributed by atoms with E-state index in [-0.39, 0.29) is 11.6 Å². The molecule has 1 aliphatic heterocycles. The highest BCUT2D eigenvalue weighted by molar-refractivity contribution is 6.31. The van der Waals surface area contributed by atoms with Gasteiger partial charge in [0.25, 0.3) is 0 Å². The third kappa shape index (κ3) is 3.26. The lowest BCUT2D eigenvalue weighted by Gasteiger charge is -2.17. The van der Waals surface area contributed by atoms with Gasteiger partial charge < -0.3 is 14.8 Å². The van der Waals surface area contributed by atoms with Gasteiger partial charge in [0.2, 0.25) is 5.88 Å². The zero-order valence-corrected chi connectivity index (χ0v) is 16.9. The number of rotatable bonds is 0. The Balaban J connectivity index is 1.72. The van der Waals surface area contributed by atoms with Crippen molar-refractivity contribution in [1.29, 1.82) is 0 Å². The van der Waals surface area contributed by atoms with Crippen LogP contribution in [0.2, 0.25) is 5.02 Å².